The predicted octanol–water partition coefficient (Wildman–Crippen LogP) is 4.56. The summed E-state index contributed by atoms with van der Waals surface area (Å²) in [5.74, 6) is 0.852. The van der Waals surface area contributed by atoms with Gasteiger partial charge in [0.15, 0.2) is 0 Å². The highest BCUT2D eigenvalue weighted by atomic mass is 35.5. The van der Waals surface area contributed by atoms with E-state index in [1.165, 1.54) is 6.42 Å². The molecule has 0 unspecified atom stereocenters. The Labute approximate surface area is 163 Å². The Morgan fingerprint density at radius 2 is 2.11 bits per heavy atom. The second kappa shape index (κ2) is 6.82. The Kier molecular flexibility index (Phi) is 4.48. The topological polar surface area (TPSA) is 81.5 Å². The van der Waals surface area contributed by atoms with Crippen molar-refractivity contribution in [3.63, 3.8) is 0 Å². The number of rotatable bonds is 3. The fourth-order valence-electron chi connectivity index (χ4n) is 3.60. The monoisotopic (exact) mass is 380 g/mol. The summed E-state index contributed by atoms with van der Waals surface area (Å²) in [4.78, 5) is 11.6. The van der Waals surface area contributed by atoms with E-state index in [9.17, 15) is 5.26 Å². The highest BCUT2D eigenvalue weighted by Crippen LogP contribution is 2.36. The molecular weight excluding hydrogens is 360 g/mol. The van der Waals surface area contributed by atoms with Crippen molar-refractivity contribution in [1.29, 1.82) is 5.26 Å². The number of nitriles is 1. The van der Waals surface area contributed by atoms with E-state index in [4.69, 9.17) is 16.6 Å². The van der Waals surface area contributed by atoms with Crippen molar-refractivity contribution in [2.45, 2.75) is 33.1 Å². The van der Waals surface area contributed by atoms with E-state index in [-0.39, 0.29) is 0 Å². The lowest BCUT2D eigenvalue weighted by Crippen LogP contribution is -2.38. The Balaban J connectivity index is 1.68. The van der Waals surface area contributed by atoms with Gasteiger partial charge in [0, 0.05) is 18.7 Å². The number of piperidine rings is 1. The minimum atomic E-state index is 0.408. The molecule has 3 aromatic rings. The molecule has 1 aromatic carbocycles. The molecule has 3 heterocycles. The molecule has 7 heteroatoms. The highest BCUT2D eigenvalue weighted by molar-refractivity contribution is 6.32. The van der Waals surface area contributed by atoms with Crippen molar-refractivity contribution in [3.05, 3.63) is 35.0 Å². The summed E-state index contributed by atoms with van der Waals surface area (Å²) < 4.78 is 0. The van der Waals surface area contributed by atoms with Gasteiger partial charge in [-0.1, -0.05) is 44.0 Å². The van der Waals surface area contributed by atoms with Gasteiger partial charge in [-0.05, 0) is 24.3 Å². The van der Waals surface area contributed by atoms with E-state index >= 15 is 0 Å². The van der Waals surface area contributed by atoms with Crippen molar-refractivity contribution >= 4 is 28.6 Å². The molecule has 0 aliphatic carbocycles. The molecule has 1 aliphatic rings. The van der Waals surface area contributed by atoms with E-state index in [1.54, 1.807) is 12.3 Å². The molecule has 0 bridgehead atoms. The lowest BCUT2D eigenvalue weighted by molar-refractivity contribution is 0.238. The van der Waals surface area contributed by atoms with Crippen molar-refractivity contribution in [3.8, 4) is 17.3 Å². The lowest BCUT2D eigenvalue weighted by atomic mass is 9.78. The molecule has 0 saturated carbocycles. The standard InChI is InChI=1S/C20H21ClN6/c1-3-20(2)7-9-27(10-8-20)16-12-23-18-17(25-26-19(18)24-16)13-5-4-6-15(21)14(13)11-22/h4-6,12H,3,7-10H2,1-2H3,(H,24,25,26). The molecule has 1 aliphatic heterocycles. The van der Waals surface area contributed by atoms with E-state index in [1.807, 2.05) is 12.1 Å². The summed E-state index contributed by atoms with van der Waals surface area (Å²) >= 11 is 6.16. The van der Waals surface area contributed by atoms with Crippen molar-refractivity contribution < 1.29 is 0 Å². The molecule has 0 amide bonds. The van der Waals surface area contributed by atoms with Gasteiger partial charge in [-0.25, -0.2) is 9.97 Å². The molecule has 6 nitrogen and oxygen atoms in total. The summed E-state index contributed by atoms with van der Waals surface area (Å²) in [6.07, 6.45) is 5.31. The van der Waals surface area contributed by atoms with Crippen molar-refractivity contribution in [2.75, 3.05) is 18.0 Å². The smallest absolute Gasteiger partial charge is 0.202 e. The number of nitrogens with one attached hydrogen (secondary N) is 1. The number of halogens is 1. The quantitative estimate of drug-likeness (QED) is 0.720. The number of anilines is 1. The van der Waals surface area contributed by atoms with Gasteiger partial charge in [0.25, 0.3) is 0 Å². The summed E-state index contributed by atoms with van der Waals surface area (Å²) in [7, 11) is 0. The number of aromatic nitrogens is 4. The van der Waals surface area contributed by atoms with Crippen LogP contribution in [0.1, 0.15) is 38.7 Å². The zero-order chi connectivity index (χ0) is 19.0. The van der Waals surface area contributed by atoms with Crippen molar-refractivity contribution in [1.82, 2.24) is 20.2 Å². The molecule has 0 spiro atoms. The molecule has 4 rings (SSSR count). The third-order valence-corrected chi connectivity index (χ3v) is 6.11. The number of hydrogen-bond donors (Lipinski definition) is 1. The molecule has 1 fully saturated rings. The van der Waals surface area contributed by atoms with Crippen LogP contribution >= 0.6 is 11.6 Å². The summed E-state index contributed by atoms with van der Waals surface area (Å²) in [6.45, 7) is 6.58. The second-order valence-electron chi connectivity index (χ2n) is 7.42. The lowest BCUT2D eigenvalue weighted by Gasteiger charge is -2.39. The maximum Gasteiger partial charge on any atom is 0.202 e. The average molecular weight is 381 g/mol. The van der Waals surface area contributed by atoms with Crippen LogP contribution in [0.25, 0.3) is 22.4 Å². The minimum absolute atomic E-state index is 0.408. The Bertz CT molecular complexity index is 1030. The normalized spacial score (nSPS) is 16.4. The molecule has 27 heavy (non-hydrogen) atoms. The first-order valence-electron chi connectivity index (χ1n) is 9.20. The second-order valence-corrected chi connectivity index (χ2v) is 7.83. The maximum absolute atomic E-state index is 9.44. The van der Waals surface area contributed by atoms with Gasteiger partial charge in [0.05, 0.1) is 22.5 Å². The molecule has 0 radical (unpaired) electrons. The Morgan fingerprint density at radius 3 is 2.81 bits per heavy atom. The maximum atomic E-state index is 9.44. The number of fused-ring (bicyclic) bond motifs is 1. The third kappa shape index (κ3) is 3.13. The van der Waals surface area contributed by atoms with Crippen LogP contribution in [0.15, 0.2) is 24.4 Å². The first-order valence-corrected chi connectivity index (χ1v) is 9.57. The number of aromatic amines is 1. The first kappa shape index (κ1) is 17.7. The van der Waals surface area contributed by atoms with Gasteiger partial charge in [-0.2, -0.15) is 10.4 Å². The van der Waals surface area contributed by atoms with Gasteiger partial charge in [-0.3, -0.25) is 5.10 Å². The third-order valence-electron chi connectivity index (χ3n) is 5.79. The van der Waals surface area contributed by atoms with E-state index in [2.05, 4.69) is 40.0 Å². The predicted molar refractivity (Wildman–Crippen MR) is 107 cm³/mol. The number of benzene rings is 1. The van der Waals surface area contributed by atoms with Gasteiger partial charge in [-0.15, -0.1) is 0 Å². The number of nitrogens with zero attached hydrogens (tertiary/aromatic N) is 5. The highest BCUT2D eigenvalue weighted by Gasteiger charge is 2.29. The molecule has 138 valence electrons. The minimum Gasteiger partial charge on any atom is -0.355 e. The summed E-state index contributed by atoms with van der Waals surface area (Å²) in [5, 5.41) is 17.2. The Morgan fingerprint density at radius 1 is 1.33 bits per heavy atom. The largest absolute Gasteiger partial charge is 0.355 e. The molecule has 1 N–H and O–H groups in total. The van der Waals surface area contributed by atoms with Gasteiger partial charge in [0.1, 0.15) is 17.4 Å². The van der Waals surface area contributed by atoms with Crippen LogP contribution in [-0.2, 0) is 0 Å². The van der Waals surface area contributed by atoms with Crippen LogP contribution in [0.5, 0.6) is 0 Å². The van der Waals surface area contributed by atoms with E-state index < -0.39 is 0 Å². The molecule has 2 aromatic heterocycles. The van der Waals surface area contributed by atoms with Gasteiger partial charge < -0.3 is 4.90 Å². The summed E-state index contributed by atoms with van der Waals surface area (Å²) in [5.41, 5.74) is 3.38. The molecule has 0 atom stereocenters. The van der Waals surface area contributed by atoms with Gasteiger partial charge in [0.2, 0.25) is 5.65 Å². The molecule has 1 saturated heterocycles. The van der Waals surface area contributed by atoms with Gasteiger partial charge >= 0.3 is 0 Å². The number of H-pyrrole nitrogens is 1. The fraction of sp³-hybridized carbons (Fsp3) is 0.400. The van der Waals surface area contributed by atoms with Crippen molar-refractivity contribution in [2.24, 2.45) is 5.41 Å². The zero-order valence-corrected chi connectivity index (χ0v) is 16.2. The first-order chi connectivity index (χ1) is 13.0. The summed E-state index contributed by atoms with van der Waals surface area (Å²) in [6, 6.07) is 7.51. The zero-order valence-electron chi connectivity index (χ0n) is 15.5. The average Bonchev–Trinajstić information content (AvgIpc) is 3.11. The Hall–Kier alpha value is -2.65. The number of hydrogen-bond acceptors (Lipinski definition) is 5. The fourth-order valence-corrected chi connectivity index (χ4v) is 3.82. The van der Waals surface area contributed by atoms with Crippen LogP contribution in [0.2, 0.25) is 5.02 Å². The van der Waals surface area contributed by atoms with Crippen LogP contribution in [-0.4, -0.2) is 33.3 Å². The van der Waals surface area contributed by atoms with Crippen LogP contribution in [0, 0.1) is 16.7 Å². The van der Waals surface area contributed by atoms with Crippen LogP contribution < -0.4 is 4.90 Å². The SMILES string of the molecule is CCC1(C)CCN(c2cnc3c(-c4cccc(Cl)c4C#N)[nH]nc3n2)CC1. The van der Waals surface area contributed by atoms with E-state index in [0.717, 1.165) is 31.7 Å². The molecular formula is C20H21ClN6. The van der Waals surface area contributed by atoms with Crippen LogP contribution in [0.3, 0.4) is 0 Å². The van der Waals surface area contributed by atoms with Crippen LogP contribution in [0.4, 0.5) is 5.82 Å². The van der Waals surface area contributed by atoms with E-state index in [0.29, 0.717) is 38.4 Å².